The van der Waals surface area contributed by atoms with E-state index in [1.54, 1.807) is 12.3 Å². The van der Waals surface area contributed by atoms with E-state index in [0.717, 1.165) is 37.3 Å². The van der Waals surface area contributed by atoms with Crippen molar-refractivity contribution in [2.75, 3.05) is 13.1 Å². The molecule has 4 rings (SSSR count). The molecule has 0 radical (unpaired) electrons. The molecule has 1 fully saturated rings. The molecule has 1 aromatic heterocycles. The number of hydrogen-bond acceptors (Lipinski definition) is 5. The highest BCUT2D eigenvalue weighted by molar-refractivity contribution is 5.27. The SMILES string of the molecule is Oc1cccc(CN2CC[C@H]3[C@H](C2)OCc2cnnn23)c1. The minimum absolute atomic E-state index is 0.172. The van der Waals surface area contributed by atoms with E-state index in [1.165, 1.54) is 0 Å². The molecule has 1 saturated heterocycles. The highest BCUT2D eigenvalue weighted by atomic mass is 16.5. The summed E-state index contributed by atoms with van der Waals surface area (Å²) in [5.74, 6) is 0.323. The first-order valence-corrected chi connectivity index (χ1v) is 7.30. The number of aromatic hydroxyl groups is 1. The second-order valence-corrected chi connectivity index (χ2v) is 5.78. The fraction of sp³-hybridized carbons (Fsp3) is 0.467. The zero-order chi connectivity index (χ0) is 14.2. The summed E-state index contributed by atoms with van der Waals surface area (Å²) < 4.78 is 7.99. The molecule has 0 spiro atoms. The highest BCUT2D eigenvalue weighted by Gasteiger charge is 2.36. The lowest BCUT2D eigenvalue weighted by molar-refractivity contribution is -0.0704. The molecule has 1 aromatic carbocycles. The summed E-state index contributed by atoms with van der Waals surface area (Å²) in [5, 5.41) is 17.7. The maximum absolute atomic E-state index is 9.55. The van der Waals surface area contributed by atoms with Crippen LogP contribution in [0.4, 0.5) is 0 Å². The Balaban J connectivity index is 1.46. The van der Waals surface area contributed by atoms with E-state index in [9.17, 15) is 5.11 Å². The van der Waals surface area contributed by atoms with Crippen LogP contribution in [0.1, 0.15) is 23.7 Å². The zero-order valence-electron chi connectivity index (χ0n) is 11.7. The Bertz CT molecular complexity index is 642. The van der Waals surface area contributed by atoms with Crippen molar-refractivity contribution in [1.29, 1.82) is 0 Å². The van der Waals surface area contributed by atoms with Gasteiger partial charge in [0, 0.05) is 19.6 Å². The number of likely N-dealkylation sites (tertiary alicyclic amines) is 1. The first-order chi connectivity index (χ1) is 10.3. The van der Waals surface area contributed by atoms with Gasteiger partial charge in [-0.2, -0.15) is 0 Å². The number of benzene rings is 1. The number of nitrogens with zero attached hydrogens (tertiary/aromatic N) is 4. The van der Waals surface area contributed by atoms with E-state index in [1.807, 2.05) is 22.9 Å². The zero-order valence-corrected chi connectivity index (χ0v) is 11.7. The Hall–Kier alpha value is -1.92. The highest BCUT2D eigenvalue weighted by Crippen LogP contribution is 2.31. The summed E-state index contributed by atoms with van der Waals surface area (Å²) in [4.78, 5) is 2.37. The molecule has 0 saturated carbocycles. The van der Waals surface area contributed by atoms with Gasteiger partial charge in [0.2, 0.25) is 0 Å². The molecule has 110 valence electrons. The van der Waals surface area contributed by atoms with Gasteiger partial charge >= 0.3 is 0 Å². The van der Waals surface area contributed by atoms with E-state index < -0.39 is 0 Å². The molecule has 0 amide bonds. The molecule has 0 bridgehead atoms. The lowest BCUT2D eigenvalue weighted by Crippen LogP contribution is -2.48. The van der Waals surface area contributed by atoms with Gasteiger partial charge in [-0.3, -0.25) is 4.90 Å². The molecule has 2 atom stereocenters. The van der Waals surface area contributed by atoms with Crippen molar-refractivity contribution in [3.8, 4) is 5.75 Å². The average molecular weight is 286 g/mol. The molecule has 6 nitrogen and oxygen atoms in total. The molecule has 2 aliphatic rings. The van der Waals surface area contributed by atoms with Gasteiger partial charge in [0.05, 0.1) is 30.6 Å². The largest absolute Gasteiger partial charge is 0.508 e. The molecule has 6 heteroatoms. The first-order valence-electron chi connectivity index (χ1n) is 7.30. The smallest absolute Gasteiger partial charge is 0.115 e. The van der Waals surface area contributed by atoms with Crippen LogP contribution in [-0.4, -0.2) is 44.2 Å². The Morgan fingerprint density at radius 2 is 2.33 bits per heavy atom. The monoisotopic (exact) mass is 286 g/mol. The van der Waals surface area contributed by atoms with Crippen LogP contribution < -0.4 is 0 Å². The fourth-order valence-corrected chi connectivity index (χ4v) is 3.31. The number of ether oxygens (including phenoxy) is 1. The van der Waals surface area contributed by atoms with Gasteiger partial charge in [-0.25, -0.2) is 4.68 Å². The van der Waals surface area contributed by atoms with Gasteiger partial charge < -0.3 is 9.84 Å². The summed E-state index contributed by atoms with van der Waals surface area (Å²) in [6, 6.07) is 7.76. The number of hydrogen-bond donors (Lipinski definition) is 1. The van der Waals surface area contributed by atoms with Crippen LogP contribution in [-0.2, 0) is 17.9 Å². The Morgan fingerprint density at radius 1 is 1.38 bits per heavy atom. The Kier molecular flexibility index (Phi) is 3.12. The molecule has 3 heterocycles. The maximum atomic E-state index is 9.55. The van der Waals surface area contributed by atoms with Crippen molar-refractivity contribution in [2.24, 2.45) is 0 Å². The lowest BCUT2D eigenvalue weighted by atomic mass is 9.99. The van der Waals surface area contributed by atoms with E-state index in [2.05, 4.69) is 15.2 Å². The second kappa shape index (κ2) is 5.13. The van der Waals surface area contributed by atoms with Crippen LogP contribution >= 0.6 is 0 Å². The standard InChI is InChI=1S/C15H18N4O2/c20-13-3-1-2-11(6-13)8-18-5-4-14-15(9-18)21-10-12-7-16-17-19(12)14/h1-3,6-7,14-15,20H,4-5,8-10H2/t14-,15-/m0/s1. The van der Waals surface area contributed by atoms with Gasteiger partial charge in [0.15, 0.2) is 0 Å². The number of fused-ring (bicyclic) bond motifs is 3. The third kappa shape index (κ3) is 2.41. The topological polar surface area (TPSA) is 63.4 Å². The summed E-state index contributed by atoms with van der Waals surface area (Å²) in [6.45, 7) is 3.32. The first kappa shape index (κ1) is 12.8. The molecule has 0 unspecified atom stereocenters. The van der Waals surface area contributed by atoms with Crippen molar-refractivity contribution in [2.45, 2.75) is 31.7 Å². The number of rotatable bonds is 2. The number of piperidine rings is 1. The molecule has 2 aliphatic heterocycles. The van der Waals surface area contributed by atoms with E-state index in [0.29, 0.717) is 18.4 Å². The molecule has 1 N–H and O–H groups in total. The van der Waals surface area contributed by atoms with Gasteiger partial charge in [-0.1, -0.05) is 17.3 Å². The van der Waals surface area contributed by atoms with E-state index in [4.69, 9.17) is 4.74 Å². The van der Waals surface area contributed by atoms with Crippen LogP contribution in [0.2, 0.25) is 0 Å². The van der Waals surface area contributed by atoms with Crippen LogP contribution in [0.5, 0.6) is 5.75 Å². The number of phenolic OH excluding ortho intramolecular Hbond substituents is 1. The van der Waals surface area contributed by atoms with Crippen LogP contribution in [0, 0.1) is 0 Å². The Morgan fingerprint density at radius 3 is 3.24 bits per heavy atom. The van der Waals surface area contributed by atoms with Gasteiger partial charge in [0.25, 0.3) is 0 Å². The number of aromatic nitrogens is 3. The lowest BCUT2D eigenvalue weighted by Gasteiger charge is -2.41. The minimum Gasteiger partial charge on any atom is -0.508 e. The van der Waals surface area contributed by atoms with E-state index >= 15 is 0 Å². The molecule has 21 heavy (non-hydrogen) atoms. The summed E-state index contributed by atoms with van der Waals surface area (Å²) >= 11 is 0. The van der Waals surface area contributed by atoms with Crippen molar-refractivity contribution in [3.63, 3.8) is 0 Å². The molecule has 0 aliphatic carbocycles. The summed E-state index contributed by atoms with van der Waals surface area (Å²) in [6.07, 6.45) is 2.97. The minimum atomic E-state index is 0.172. The van der Waals surface area contributed by atoms with Crippen LogP contribution in [0.25, 0.3) is 0 Å². The van der Waals surface area contributed by atoms with Crippen molar-refractivity contribution < 1.29 is 9.84 Å². The van der Waals surface area contributed by atoms with Crippen molar-refractivity contribution >= 4 is 0 Å². The fourth-order valence-electron chi connectivity index (χ4n) is 3.31. The molecular formula is C15H18N4O2. The third-order valence-electron chi connectivity index (χ3n) is 4.33. The van der Waals surface area contributed by atoms with Gasteiger partial charge in [-0.05, 0) is 24.1 Å². The maximum Gasteiger partial charge on any atom is 0.115 e. The van der Waals surface area contributed by atoms with Gasteiger partial charge in [0.1, 0.15) is 5.75 Å². The summed E-state index contributed by atoms with van der Waals surface area (Å²) in [5.41, 5.74) is 2.20. The van der Waals surface area contributed by atoms with Crippen LogP contribution in [0.3, 0.4) is 0 Å². The molecule has 2 aromatic rings. The second-order valence-electron chi connectivity index (χ2n) is 5.78. The summed E-state index contributed by atoms with van der Waals surface area (Å²) in [7, 11) is 0. The van der Waals surface area contributed by atoms with Crippen molar-refractivity contribution in [1.82, 2.24) is 19.9 Å². The Labute approximate surface area is 122 Å². The normalized spacial score (nSPS) is 25.3. The predicted molar refractivity (Wildman–Crippen MR) is 75.6 cm³/mol. The molecular weight excluding hydrogens is 268 g/mol. The quantitative estimate of drug-likeness (QED) is 0.902. The van der Waals surface area contributed by atoms with Crippen LogP contribution in [0.15, 0.2) is 30.5 Å². The van der Waals surface area contributed by atoms with E-state index in [-0.39, 0.29) is 6.10 Å². The van der Waals surface area contributed by atoms with Crippen molar-refractivity contribution in [3.05, 3.63) is 41.7 Å². The van der Waals surface area contributed by atoms with Gasteiger partial charge in [-0.15, -0.1) is 5.10 Å². The number of phenols is 1. The predicted octanol–water partition coefficient (Wildman–Crippen LogP) is 1.33. The third-order valence-corrected chi connectivity index (χ3v) is 4.33. The average Bonchev–Trinajstić information content (AvgIpc) is 2.96.